The van der Waals surface area contributed by atoms with Crippen molar-refractivity contribution in [2.24, 2.45) is 5.73 Å². The smallest absolute Gasteiger partial charge is 0.321 e. The highest BCUT2D eigenvalue weighted by Gasteiger charge is 2.36. The Morgan fingerprint density at radius 1 is 1.47 bits per heavy atom. The summed E-state index contributed by atoms with van der Waals surface area (Å²) >= 11 is 0. The second-order valence-corrected chi connectivity index (χ2v) is 3.82. The summed E-state index contributed by atoms with van der Waals surface area (Å²) in [5, 5.41) is 0. The average Bonchev–Trinajstić information content (AvgIpc) is 2.20. The maximum atomic E-state index is 12.6. The molecule has 0 aliphatic heterocycles. The highest BCUT2D eigenvalue weighted by atomic mass is 19.4. The highest BCUT2D eigenvalue weighted by molar-refractivity contribution is 5.19. The molecule has 0 aliphatic carbocycles. The van der Waals surface area contributed by atoms with Gasteiger partial charge in [-0.25, -0.2) is 4.98 Å². The molecule has 0 bridgehead atoms. The van der Waals surface area contributed by atoms with E-state index < -0.39 is 29.0 Å². The van der Waals surface area contributed by atoms with Crippen molar-refractivity contribution in [3.05, 3.63) is 27.4 Å². The van der Waals surface area contributed by atoms with E-state index in [1.807, 2.05) is 6.92 Å². The fourth-order valence-corrected chi connectivity index (χ4v) is 1.45. The molecule has 0 saturated heterocycles. The molecule has 1 unspecified atom stereocenters. The van der Waals surface area contributed by atoms with Gasteiger partial charge in [-0.2, -0.15) is 13.2 Å². The van der Waals surface area contributed by atoms with E-state index in [0.29, 0.717) is 12.8 Å². The molecule has 1 atom stereocenters. The summed E-state index contributed by atoms with van der Waals surface area (Å²) in [7, 11) is 0. The molecule has 3 N–H and O–H groups in total. The van der Waals surface area contributed by atoms with Crippen molar-refractivity contribution < 1.29 is 13.2 Å². The van der Waals surface area contributed by atoms with Gasteiger partial charge in [-0.1, -0.05) is 13.3 Å². The van der Waals surface area contributed by atoms with Crippen molar-refractivity contribution >= 4 is 0 Å². The molecule has 1 heterocycles. The number of aromatic amines is 1. The van der Waals surface area contributed by atoms with Crippen LogP contribution >= 0.6 is 0 Å². The van der Waals surface area contributed by atoms with E-state index in [2.05, 4.69) is 9.97 Å². The third-order valence-electron chi connectivity index (χ3n) is 2.39. The van der Waals surface area contributed by atoms with Gasteiger partial charge in [0.25, 0.3) is 5.56 Å². The van der Waals surface area contributed by atoms with Gasteiger partial charge in [-0.05, 0) is 13.3 Å². The minimum atomic E-state index is -4.64. The monoisotopic (exact) mass is 249 g/mol. The third kappa shape index (κ3) is 3.06. The predicted octanol–water partition coefficient (Wildman–Crippen LogP) is 1.90. The van der Waals surface area contributed by atoms with E-state index in [-0.39, 0.29) is 5.82 Å². The van der Waals surface area contributed by atoms with Crippen LogP contribution in [0.2, 0.25) is 0 Å². The zero-order valence-corrected chi connectivity index (χ0v) is 9.56. The van der Waals surface area contributed by atoms with Gasteiger partial charge in [0, 0.05) is 5.56 Å². The van der Waals surface area contributed by atoms with Crippen LogP contribution in [0, 0.1) is 6.92 Å². The highest BCUT2D eigenvalue weighted by Crippen LogP contribution is 2.29. The van der Waals surface area contributed by atoms with Crippen LogP contribution in [0.1, 0.15) is 42.9 Å². The molecule has 0 fully saturated rings. The molecular formula is C10H14F3N3O. The molecule has 0 saturated carbocycles. The van der Waals surface area contributed by atoms with E-state index in [1.54, 1.807) is 0 Å². The average molecular weight is 249 g/mol. The fourth-order valence-electron chi connectivity index (χ4n) is 1.45. The van der Waals surface area contributed by atoms with Crippen LogP contribution in [-0.4, -0.2) is 9.97 Å². The number of rotatable bonds is 3. The van der Waals surface area contributed by atoms with Crippen LogP contribution in [-0.2, 0) is 6.18 Å². The summed E-state index contributed by atoms with van der Waals surface area (Å²) in [6, 6.07) is -0.686. The van der Waals surface area contributed by atoms with E-state index in [9.17, 15) is 18.0 Å². The van der Waals surface area contributed by atoms with Gasteiger partial charge < -0.3 is 10.7 Å². The Hall–Kier alpha value is -1.37. The van der Waals surface area contributed by atoms with Crippen molar-refractivity contribution in [1.29, 1.82) is 0 Å². The molecule has 0 spiro atoms. The van der Waals surface area contributed by atoms with Crippen LogP contribution < -0.4 is 11.3 Å². The number of alkyl halides is 3. The normalized spacial score (nSPS) is 13.8. The summed E-state index contributed by atoms with van der Waals surface area (Å²) in [5.41, 5.74) is 3.24. The van der Waals surface area contributed by atoms with Gasteiger partial charge in [0.2, 0.25) is 0 Å². The number of nitrogens with one attached hydrogen (secondary N) is 1. The van der Waals surface area contributed by atoms with Gasteiger partial charge in [-0.3, -0.25) is 4.79 Å². The Balaban J connectivity index is 3.29. The SMILES string of the molecule is CCCC(N)c1nc(C(F)(F)F)c(C)c(=O)[nH]1. The first kappa shape index (κ1) is 13.7. The molecular weight excluding hydrogens is 235 g/mol. The quantitative estimate of drug-likeness (QED) is 0.859. The Morgan fingerprint density at radius 3 is 2.53 bits per heavy atom. The molecule has 1 rings (SSSR count). The van der Waals surface area contributed by atoms with Crippen LogP contribution in [0.25, 0.3) is 0 Å². The van der Waals surface area contributed by atoms with Crippen molar-refractivity contribution in [3.8, 4) is 0 Å². The minimum Gasteiger partial charge on any atom is -0.321 e. The third-order valence-corrected chi connectivity index (χ3v) is 2.39. The minimum absolute atomic E-state index is 0.116. The molecule has 4 nitrogen and oxygen atoms in total. The summed E-state index contributed by atoms with van der Waals surface area (Å²) in [6.45, 7) is 2.93. The fraction of sp³-hybridized carbons (Fsp3) is 0.600. The standard InChI is InChI=1S/C10H14F3N3O/c1-3-4-6(14)8-15-7(10(11,12)13)5(2)9(17)16-8/h6H,3-4,14H2,1-2H3,(H,15,16,17). The molecule has 1 aromatic heterocycles. The lowest BCUT2D eigenvalue weighted by molar-refractivity contribution is -0.142. The molecule has 17 heavy (non-hydrogen) atoms. The van der Waals surface area contributed by atoms with Crippen molar-refractivity contribution in [1.82, 2.24) is 9.97 Å². The Morgan fingerprint density at radius 2 is 2.06 bits per heavy atom. The molecule has 0 aliphatic rings. The largest absolute Gasteiger partial charge is 0.433 e. The summed E-state index contributed by atoms with van der Waals surface area (Å²) < 4.78 is 37.8. The number of halogens is 3. The molecule has 96 valence electrons. The predicted molar refractivity (Wildman–Crippen MR) is 56.4 cm³/mol. The number of nitrogens with two attached hydrogens (primary N) is 1. The number of hydrogen-bond donors (Lipinski definition) is 2. The van der Waals surface area contributed by atoms with E-state index >= 15 is 0 Å². The second-order valence-electron chi connectivity index (χ2n) is 3.82. The lowest BCUT2D eigenvalue weighted by atomic mass is 10.1. The van der Waals surface area contributed by atoms with Gasteiger partial charge >= 0.3 is 6.18 Å². The van der Waals surface area contributed by atoms with Gasteiger partial charge in [0.05, 0.1) is 6.04 Å². The van der Waals surface area contributed by atoms with Crippen molar-refractivity contribution in [3.63, 3.8) is 0 Å². The van der Waals surface area contributed by atoms with E-state index in [0.717, 1.165) is 6.92 Å². The second kappa shape index (κ2) is 4.87. The van der Waals surface area contributed by atoms with Gasteiger partial charge in [0.1, 0.15) is 5.82 Å². The van der Waals surface area contributed by atoms with Crippen LogP contribution in [0.4, 0.5) is 13.2 Å². The molecule has 0 amide bonds. The zero-order valence-electron chi connectivity index (χ0n) is 9.56. The first-order valence-electron chi connectivity index (χ1n) is 5.21. The van der Waals surface area contributed by atoms with Crippen LogP contribution in [0.15, 0.2) is 4.79 Å². The first-order chi connectivity index (χ1) is 7.77. The van der Waals surface area contributed by atoms with Gasteiger partial charge in [0.15, 0.2) is 5.69 Å². The molecule has 1 aromatic rings. The van der Waals surface area contributed by atoms with E-state index in [4.69, 9.17) is 5.73 Å². The topological polar surface area (TPSA) is 71.8 Å². The lowest BCUT2D eigenvalue weighted by Gasteiger charge is -2.14. The molecule has 0 aromatic carbocycles. The summed E-state index contributed by atoms with van der Waals surface area (Å²) in [5.74, 6) is -0.116. The first-order valence-corrected chi connectivity index (χ1v) is 5.21. The summed E-state index contributed by atoms with van der Waals surface area (Å²) in [6.07, 6.45) is -3.48. The van der Waals surface area contributed by atoms with Crippen LogP contribution in [0.3, 0.4) is 0 Å². The number of hydrogen-bond acceptors (Lipinski definition) is 3. The van der Waals surface area contributed by atoms with E-state index in [1.165, 1.54) is 0 Å². The Kier molecular flexibility index (Phi) is 3.92. The Bertz CT molecular complexity index is 453. The number of aromatic nitrogens is 2. The zero-order chi connectivity index (χ0) is 13.2. The van der Waals surface area contributed by atoms with Crippen LogP contribution in [0.5, 0.6) is 0 Å². The summed E-state index contributed by atoms with van der Waals surface area (Å²) in [4.78, 5) is 17.1. The molecule has 0 radical (unpaired) electrons. The van der Waals surface area contributed by atoms with Gasteiger partial charge in [-0.15, -0.1) is 0 Å². The molecule has 7 heteroatoms. The Labute approximate surface area is 96.1 Å². The maximum absolute atomic E-state index is 12.6. The lowest BCUT2D eigenvalue weighted by Crippen LogP contribution is -2.26. The van der Waals surface area contributed by atoms with Crippen molar-refractivity contribution in [2.45, 2.75) is 38.9 Å². The van der Waals surface area contributed by atoms with Crippen molar-refractivity contribution in [2.75, 3.05) is 0 Å². The number of nitrogens with zero attached hydrogens (tertiary/aromatic N) is 1. The maximum Gasteiger partial charge on any atom is 0.433 e. The number of H-pyrrole nitrogens is 1.